The number of halogens is 1. The number of hydrogen-bond donors (Lipinski definition) is 1. The van der Waals surface area contributed by atoms with Crippen LogP contribution in [0.1, 0.15) is 22.6 Å². The third-order valence-corrected chi connectivity index (χ3v) is 7.87. The molecule has 0 amide bonds. The summed E-state index contributed by atoms with van der Waals surface area (Å²) in [6.45, 7) is 0.130. The van der Waals surface area contributed by atoms with Crippen LogP contribution in [0.15, 0.2) is 95.2 Å². The van der Waals surface area contributed by atoms with Crippen LogP contribution in [0.2, 0.25) is 5.02 Å². The lowest BCUT2D eigenvalue weighted by molar-refractivity contribution is 0.357. The van der Waals surface area contributed by atoms with E-state index in [1.165, 1.54) is 4.31 Å². The molecule has 3 aromatic rings. The lowest BCUT2D eigenvalue weighted by Crippen LogP contribution is -2.39. The highest BCUT2D eigenvalue weighted by molar-refractivity contribution is 7.96. The normalized spacial score (nSPS) is 18.8. The number of nitrogens with zero attached hydrogens (tertiary/aromatic N) is 2. The minimum Gasteiger partial charge on any atom is -0.439 e. The van der Waals surface area contributed by atoms with Crippen molar-refractivity contribution in [2.24, 2.45) is 5.73 Å². The Morgan fingerprint density at radius 3 is 2.36 bits per heavy atom. The summed E-state index contributed by atoms with van der Waals surface area (Å²) < 4.78 is 35.4. The van der Waals surface area contributed by atoms with Crippen molar-refractivity contribution in [1.29, 1.82) is 5.26 Å². The molecule has 0 saturated carbocycles. The van der Waals surface area contributed by atoms with Crippen LogP contribution in [0.25, 0.3) is 5.76 Å². The standard InChI is InChI=1S/C25H18ClN3O3S/c26-18-12-10-17(11-13-18)22-20(14-27)25(28)32-23-19-8-4-5-9-21(19)29(33(30,31)24(22)23)15-16-6-2-1-3-7-16/h1-13,22H,15,28H2. The molecule has 2 aliphatic rings. The van der Waals surface area contributed by atoms with Gasteiger partial charge >= 0.3 is 0 Å². The quantitative estimate of drug-likeness (QED) is 0.583. The van der Waals surface area contributed by atoms with Gasteiger partial charge < -0.3 is 10.5 Å². The third-order valence-electron chi connectivity index (χ3n) is 5.73. The van der Waals surface area contributed by atoms with E-state index in [2.05, 4.69) is 6.07 Å². The van der Waals surface area contributed by atoms with Crippen LogP contribution in [-0.2, 0) is 21.3 Å². The third kappa shape index (κ3) is 3.44. The number of allylic oxidation sites excluding steroid dienone is 2. The number of hydrogen-bond acceptors (Lipinski definition) is 5. The van der Waals surface area contributed by atoms with Crippen molar-refractivity contribution in [3.8, 4) is 6.07 Å². The van der Waals surface area contributed by atoms with Crippen LogP contribution in [0.4, 0.5) is 5.69 Å². The Morgan fingerprint density at radius 1 is 1.00 bits per heavy atom. The van der Waals surface area contributed by atoms with Crippen molar-refractivity contribution in [1.82, 2.24) is 0 Å². The fraction of sp³-hybridized carbons (Fsp3) is 0.0800. The summed E-state index contributed by atoms with van der Waals surface area (Å²) in [4.78, 5) is -0.00907. The number of benzene rings is 3. The van der Waals surface area contributed by atoms with Gasteiger partial charge in [0.1, 0.15) is 16.5 Å². The van der Waals surface area contributed by atoms with Crippen LogP contribution in [0.5, 0.6) is 0 Å². The van der Waals surface area contributed by atoms with E-state index in [1.54, 1.807) is 42.5 Å². The van der Waals surface area contributed by atoms with Crippen LogP contribution in [0.3, 0.4) is 0 Å². The number of sulfonamides is 1. The van der Waals surface area contributed by atoms with Crippen LogP contribution in [-0.4, -0.2) is 8.42 Å². The number of anilines is 1. The van der Waals surface area contributed by atoms with Gasteiger partial charge in [0.15, 0.2) is 5.76 Å². The van der Waals surface area contributed by atoms with Gasteiger partial charge in [0.2, 0.25) is 5.88 Å². The zero-order chi connectivity index (χ0) is 23.2. The van der Waals surface area contributed by atoms with E-state index in [1.807, 2.05) is 36.4 Å². The van der Waals surface area contributed by atoms with Crippen molar-refractivity contribution in [2.75, 3.05) is 4.31 Å². The van der Waals surface area contributed by atoms with Gasteiger partial charge in [-0.15, -0.1) is 0 Å². The molecular formula is C25H18ClN3O3S. The molecule has 0 aromatic heterocycles. The molecule has 5 rings (SSSR count). The Hall–Kier alpha value is -3.73. The molecule has 0 spiro atoms. The maximum absolute atomic E-state index is 14.1. The number of ether oxygens (including phenoxy) is 1. The predicted molar refractivity (Wildman–Crippen MR) is 127 cm³/mol. The first-order chi connectivity index (χ1) is 15.9. The molecule has 1 unspecified atom stereocenters. The molecule has 0 bridgehead atoms. The average Bonchev–Trinajstić information content (AvgIpc) is 2.82. The summed E-state index contributed by atoms with van der Waals surface area (Å²) in [6, 6.07) is 25.2. The molecule has 6 nitrogen and oxygen atoms in total. The van der Waals surface area contributed by atoms with Gasteiger partial charge in [-0.2, -0.15) is 5.26 Å². The molecule has 3 aromatic carbocycles. The highest BCUT2D eigenvalue weighted by Crippen LogP contribution is 2.51. The molecule has 0 aliphatic carbocycles. The topological polar surface area (TPSA) is 96.4 Å². The van der Waals surface area contributed by atoms with E-state index >= 15 is 0 Å². The number of rotatable bonds is 3. The minimum absolute atomic E-state index is 0.00907. The average molecular weight is 476 g/mol. The summed E-state index contributed by atoms with van der Waals surface area (Å²) >= 11 is 6.06. The Balaban J connectivity index is 1.77. The maximum Gasteiger partial charge on any atom is 0.265 e. The lowest BCUT2D eigenvalue weighted by Gasteiger charge is -2.38. The van der Waals surface area contributed by atoms with Crippen molar-refractivity contribution in [3.05, 3.63) is 117 Å². The summed E-state index contributed by atoms with van der Waals surface area (Å²) in [7, 11) is -4.10. The summed E-state index contributed by atoms with van der Waals surface area (Å²) in [6.07, 6.45) is 0. The van der Waals surface area contributed by atoms with Crippen molar-refractivity contribution >= 4 is 33.1 Å². The largest absolute Gasteiger partial charge is 0.439 e. The zero-order valence-electron chi connectivity index (χ0n) is 17.3. The van der Waals surface area contributed by atoms with Gasteiger partial charge in [0.05, 0.1) is 18.2 Å². The van der Waals surface area contributed by atoms with E-state index in [0.717, 1.165) is 5.56 Å². The number of fused-ring (bicyclic) bond motifs is 2. The van der Waals surface area contributed by atoms with Crippen molar-refractivity contribution < 1.29 is 13.2 Å². The number of nitrogens with two attached hydrogens (primary N) is 1. The first-order valence-corrected chi connectivity index (χ1v) is 12.0. The number of nitriles is 1. The molecule has 164 valence electrons. The highest BCUT2D eigenvalue weighted by Gasteiger charge is 2.47. The molecule has 0 saturated heterocycles. The van der Waals surface area contributed by atoms with Crippen molar-refractivity contribution in [3.63, 3.8) is 0 Å². The van der Waals surface area contributed by atoms with E-state index < -0.39 is 15.9 Å². The van der Waals surface area contributed by atoms with Crippen LogP contribution >= 0.6 is 11.6 Å². The molecule has 0 radical (unpaired) electrons. The van der Waals surface area contributed by atoms with E-state index in [4.69, 9.17) is 22.1 Å². The summed E-state index contributed by atoms with van der Waals surface area (Å²) in [5, 5.41) is 10.4. The second-order valence-electron chi connectivity index (χ2n) is 7.68. The molecule has 33 heavy (non-hydrogen) atoms. The SMILES string of the molecule is N#CC1=C(N)OC2=C(C1c1ccc(Cl)cc1)S(=O)(=O)N(Cc1ccccc1)c1ccccc12. The molecule has 0 fully saturated rings. The fourth-order valence-corrected chi connectivity index (χ4v) is 6.26. The van der Waals surface area contributed by atoms with Gasteiger partial charge in [-0.3, -0.25) is 4.31 Å². The first-order valence-electron chi connectivity index (χ1n) is 10.1. The van der Waals surface area contributed by atoms with Crippen LogP contribution < -0.4 is 10.0 Å². The predicted octanol–water partition coefficient (Wildman–Crippen LogP) is 4.87. The van der Waals surface area contributed by atoms with Gasteiger partial charge in [-0.25, -0.2) is 8.42 Å². The monoisotopic (exact) mass is 475 g/mol. The molecule has 1 atom stereocenters. The first kappa shape index (κ1) is 21.1. The smallest absolute Gasteiger partial charge is 0.265 e. The lowest BCUT2D eigenvalue weighted by atomic mass is 9.88. The minimum atomic E-state index is -4.10. The van der Waals surface area contributed by atoms with E-state index in [0.29, 0.717) is 21.8 Å². The Morgan fingerprint density at radius 2 is 1.67 bits per heavy atom. The highest BCUT2D eigenvalue weighted by atomic mass is 35.5. The molecule has 2 N–H and O–H groups in total. The van der Waals surface area contributed by atoms with Gasteiger partial charge in [-0.1, -0.05) is 66.2 Å². The zero-order valence-corrected chi connectivity index (χ0v) is 18.8. The second kappa shape index (κ2) is 8.00. The van der Waals surface area contributed by atoms with Crippen LogP contribution in [0, 0.1) is 11.3 Å². The maximum atomic E-state index is 14.1. The molecular weight excluding hydrogens is 458 g/mol. The van der Waals surface area contributed by atoms with E-state index in [9.17, 15) is 13.7 Å². The Labute approximate surface area is 196 Å². The molecule has 2 heterocycles. The fourth-order valence-electron chi connectivity index (χ4n) is 4.22. The van der Waals surface area contributed by atoms with E-state index in [-0.39, 0.29) is 28.7 Å². The second-order valence-corrected chi connectivity index (χ2v) is 9.95. The van der Waals surface area contributed by atoms with Gasteiger partial charge in [-0.05, 0) is 35.4 Å². The Kier molecular flexibility index (Phi) is 5.12. The summed E-state index contributed by atoms with van der Waals surface area (Å²) in [5.74, 6) is -0.892. The van der Waals surface area contributed by atoms with Gasteiger partial charge in [0, 0.05) is 10.6 Å². The van der Waals surface area contributed by atoms with Crippen molar-refractivity contribution in [2.45, 2.75) is 12.5 Å². The molecule has 2 aliphatic heterocycles. The van der Waals surface area contributed by atoms with Gasteiger partial charge in [0.25, 0.3) is 10.0 Å². The number of para-hydroxylation sites is 1. The summed E-state index contributed by atoms with van der Waals surface area (Å²) in [5.41, 5.74) is 8.66. The molecule has 8 heteroatoms. The Bertz CT molecular complexity index is 1460.